The smallest absolute Gasteiger partial charge is 0.0619 e. The molecule has 282 valence electrons. The van der Waals surface area contributed by atoms with Crippen LogP contribution in [0.1, 0.15) is 0 Å². The molecule has 0 atom stereocenters. The lowest BCUT2D eigenvalue weighted by molar-refractivity contribution is 1.19. The number of benzene rings is 10. The number of hydrogen-bond donors (Lipinski definition) is 0. The van der Waals surface area contributed by atoms with Crippen LogP contribution in [0.15, 0.2) is 243 Å². The zero-order chi connectivity index (χ0) is 39.8. The molecular weight excluding hydrogens is 725 g/mol. The summed E-state index contributed by atoms with van der Waals surface area (Å²) in [6.07, 6.45) is 0. The molecule has 1 aromatic heterocycles. The maximum absolute atomic E-state index is 2.44. The first-order chi connectivity index (χ1) is 29.8. The van der Waals surface area contributed by atoms with Crippen molar-refractivity contribution in [2.75, 3.05) is 4.90 Å². The molecule has 0 saturated carbocycles. The van der Waals surface area contributed by atoms with Gasteiger partial charge in [0.15, 0.2) is 0 Å². The van der Waals surface area contributed by atoms with Crippen molar-refractivity contribution in [3.05, 3.63) is 243 Å². The van der Waals surface area contributed by atoms with Crippen molar-refractivity contribution in [1.82, 2.24) is 4.57 Å². The fourth-order valence-electron chi connectivity index (χ4n) is 8.92. The first kappa shape index (κ1) is 35.2. The Hall–Kier alpha value is -7.94. The van der Waals surface area contributed by atoms with Gasteiger partial charge in [-0.2, -0.15) is 0 Å². The summed E-state index contributed by atoms with van der Waals surface area (Å²) < 4.78 is 2.44. The van der Waals surface area contributed by atoms with Crippen molar-refractivity contribution in [2.24, 2.45) is 0 Å². The molecule has 0 fully saturated rings. The van der Waals surface area contributed by atoms with E-state index in [4.69, 9.17) is 0 Å². The molecule has 0 unspecified atom stereocenters. The third-order valence-electron chi connectivity index (χ3n) is 11.8. The zero-order valence-corrected chi connectivity index (χ0v) is 33.0. The van der Waals surface area contributed by atoms with Gasteiger partial charge in [0.05, 0.1) is 11.0 Å². The first-order valence-electron chi connectivity index (χ1n) is 20.6. The SMILES string of the molecule is c1ccc(-c2ccc(N(c3ccc(-c4cccc(-c5ccccc5)c4)cc3)c3cccc(-c4cccc5c4c4ccc6ccccc6c4n5-c4ccccc4)c3)cc2)cc1. The Morgan fingerprint density at radius 2 is 0.817 bits per heavy atom. The van der Waals surface area contributed by atoms with Gasteiger partial charge in [0, 0.05) is 38.9 Å². The number of hydrogen-bond acceptors (Lipinski definition) is 1. The molecule has 11 aromatic rings. The van der Waals surface area contributed by atoms with E-state index in [0.717, 1.165) is 22.7 Å². The van der Waals surface area contributed by atoms with E-state index in [9.17, 15) is 0 Å². The van der Waals surface area contributed by atoms with Crippen LogP contribution in [0.2, 0.25) is 0 Å². The van der Waals surface area contributed by atoms with Gasteiger partial charge < -0.3 is 9.47 Å². The van der Waals surface area contributed by atoms with E-state index in [0.29, 0.717) is 0 Å². The van der Waals surface area contributed by atoms with E-state index in [1.807, 2.05) is 0 Å². The van der Waals surface area contributed by atoms with Crippen LogP contribution in [0, 0.1) is 0 Å². The summed E-state index contributed by atoms with van der Waals surface area (Å²) in [7, 11) is 0. The normalized spacial score (nSPS) is 11.3. The van der Waals surface area contributed by atoms with Crippen molar-refractivity contribution < 1.29 is 0 Å². The lowest BCUT2D eigenvalue weighted by atomic mass is 9.97. The molecule has 0 aliphatic rings. The van der Waals surface area contributed by atoms with Crippen molar-refractivity contribution in [1.29, 1.82) is 0 Å². The van der Waals surface area contributed by atoms with Crippen molar-refractivity contribution >= 4 is 49.6 Å². The second kappa shape index (κ2) is 15.1. The maximum Gasteiger partial charge on any atom is 0.0619 e. The van der Waals surface area contributed by atoms with Gasteiger partial charge in [-0.25, -0.2) is 0 Å². The predicted molar refractivity (Wildman–Crippen MR) is 255 cm³/mol. The highest BCUT2D eigenvalue weighted by atomic mass is 15.1. The largest absolute Gasteiger partial charge is 0.310 e. The zero-order valence-electron chi connectivity index (χ0n) is 33.0. The number of nitrogens with zero attached hydrogens (tertiary/aromatic N) is 2. The number of rotatable bonds is 8. The number of para-hydroxylation sites is 1. The van der Waals surface area contributed by atoms with Crippen LogP contribution in [0.4, 0.5) is 17.1 Å². The Morgan fingerprint density at radius 1 is 0.300 bits per heavy atom. The van der Waals surface area contributed by atoms with E-state index < -0.39 is 0 Å². The molecule has 10 aromatic carbocycles. The third-order valence-corrected chi connectivity index (χ3v) is 11.8. The molecule has 2 nitrogen and oxygen atoms in total. The summed E-state index contributed by atoms with van der Waals surface area (Å²) in [6.45, 7) is 0. The van der Waals surface area contributed by atoms with Crippen LogP contribution in [0.3, 0.4) is 0 Å². The average molecular weight is 765 g/mol. The Labute approximate surface area is 350 Å². The quantitative estimate of drug-likeness (QED) is 0.150. The monoisotopic (exact) mass is 764 g/mol. The lowest BCUT2D eigenvalue weighted by Gasteiger charge is -2.26. The molecule has 0 amide bonds. The molecule has 0 aliphatic carbocycles. The second-order valence-electron chi connectivity index (χ2n) is 15.3. The Bertz CT molecular complexity index is 3270. The van der Waals surface area contributed by atoms with E-state index in [2.05, 4.69) is 252 Å². The first-order valence-corrected chi connectivity index (χ1v) is 20.6. The molecular formula is C58H40N2. The molecule has 60 heavy (non-hydrogen) atoms. The number of anilines is 3. The summed E-state index contributed by atoms with van der Waals surface area (Å²) in [5.41, 5.74) is 16.4. The Morgan fingerprint density at radius 3 is 1.50 bits per heavy atom. The van der Waals surface area contributed by atoms with E-state index in [1.165, 1.54) is 77.1 Å². The summed E-state index contributed by atoms with van der Waals surface area (Å²) in [5, 5.41) is 4.97. The van der Waals surface area contributed by atoms with Gasteiger partial charge in [0.1, 0.15) is 0 Å². The predicted octanol–water partition coefficient (Wildman–Crippen LogP) is 16.1. The fourth-order valence-corrected chi connectivity index (χ4v) is 8.92. The summed E-state index contributed by atoms with van der Waals surface area (Å²) in [4.78, 5) is 2.38. The third kappa shape index (κ3) is 6.32. The van der Waals surface area contributed by atoms with E-state index in [1.54, 1.807) is 0 Å². The van der Waals surface area contributed by atoms with Crippen LogP contribution >= 0.6 is 0 Å². The minimum Gasteiger partial charge on any atom is -0.310 e. The van der Waals surface area contributed by atoms with Crippen LogP contribution in [-0.4, -0.2) is 4.57 Å². The summed E-state index contributed by atoms with van der Waals surface area (Å²) in [5.74, 6) is 0. The van der Waals surface area contributed by atoms with Gasteiger partial charge in [0.2, 0.25) is 0 Å². The van der Waals surface area contributed by atoms with E-state index >= 15 is 0 Å². The van der Waals surface area contributed by atoms with Crippen LogP contribution < -0.4 is 4.90 Å². The number of fused-ring (bicyclic) bond motifs is 5. The van der Waals surface area contributed by atoms with Gasteiger partial charge in [-0.15, -0.1) is 0 Å². The van der Waals surface area contributed by atoms with Gasteiger partial charge in [-0.05, 0) is 111 Å². The fraction of sp³-hybridized carbons (Fsp3) is 0. The molecule has 11 rings (SSSR count). The molecule has 0 bridgehead atoms. The van der Waals surface area contributed by atoms with Crippen molar-refractivity contribution in [3.63, 3.8) is 0 Å². The van der Waals surface area contributed by atoms with Crippen LogP contribution in [-0.2, 0) is 0 Å². The minimum absolute atomic E-state index is 1.09. The van der Waals surface area contributed by atoms with Gasteiger partial charge in [-0.3, -0.25) is 0 Å². The second-order valence-corrected chi connectivity index (χ2v) is 15.3. The van der Waals surface area contributed by atoms with Gasteiger partial charge in [0.25, 0.3) is 0 Å². The molecule has 0 radical (unpaired) electrons. The van der Waals surface area contributed by atoms with Crippen LogP contribution in [0.25, 0.3) is 82.8 Å². The van der Waals surface area contributed by atoms with Crippen molar-refractivity contribution in [2.45, 2.75) is 0 Å². The topological polar surface area (TPSA) is 8.17 Å². The van der Waals surface area contributed by atoms with Crippen molar-refractivity contribution in [3.8, 4) is 50.2 Å². The summed E-state index contributed by atoms with van der Waals surface area (Å²) >= 11 is 0. The molecule has 0 aliphatic heterocycles. The molecule has 2 heteroatoms. The molecule has 0 saturated heterocycles. The van der Waals surface area contributed by atoms with Gasteiger partial charge >= 0.3 is 0 Å². The summed E-state index contributed by atoms with van der Waals surface area (Å²) in [6, 6.07) is 87.8. The molecule has 0 N–H and O–H groups in total. The number of aromatic nitrogens is 1. The molecule has 0 spiro atoms. The highest BCUT2D eigenvalue weighted by Crippen LogP contribution is 2.43. The molecule has 1 heterocycles. The highest BCUT2D eigenvalue weighted by molar-refractivity contribution is 6.22. The maximum atomic E-state index is 2.44. The Kier molecular flexibility index (Phi) is 8.87. The van der Waals surface area contributed by atoms with E-state index in [-0.39, 0.29) is 0 Å². The average Bonchev–Trinajstić information content (AvgIpc) is 3.68. The standard InChI is InChI=1S/C58H40N2/c1-4-15-41(16-5-1)43-29-34-50(35-30-43)59(51-36-31-44(32-37-51)47-21-12-20-46(39-47)42-17-6-2-7-18-42)52-25-13-22-48(40-52)53-27-14-28-56-57(53)55-38-33-45-19-10-11-26-54(45)58(55)60(56)49-23-8-3-9-24-49/h1-40H. The van der Waals surface area contributed by atoms with Crippen LogP contribution in [0.5, 0.6) is 0 Å². The minimum atomic E-state index is 1.09. The van der Waals surface area contributed by atoms with Gasteiger partial charge in [-0.1, -0.05) is 182 Å². The lowest BCUT2D eigenvalue weighted by Crippen LogP contribution is -2.10. The highest BCUT2D eigenvalue weighted by Gasteiger charge is 2.20. The Balaban J connectivity index is 1.06.